The minimum Gasteiger partial charge on any atom is -0.353 e. The third-order valence-corrected chi connectivity index (χ3v) is 2.88. The molecule has 0 aromatic carbocycles. The van der Waals surface area contributed by atoms with E-state index in [2.05, 4.69) is 13.8 Å². The van der Waals surface area contributed by atoms with Gasteiger partial charge in [0, 0.05) is 17.9 Å². The lowest BCUT2D eigenvalue weighted by Crippen LogP contribution is -2.29. The maximum Gasteiger partial charge on any atom is 0.157 e. The highest BCUT2D eigenvalue weighted by molar-refractivity contribution is 6.18. The lowest BCUT2D eigenvalue weighted by molar-refractivity contribution is -0.174. The van der Waals surface area contributed by atoms with E-state index in [1.54, 1.807) is 0 Å². The van der Waals surface area contributed by atoms with Crippen molar-refractivity contribution in [1.29, 1.82) is 0 Å². The topological polar surface area (TPSA) is 18.5 Å². The first-order chi connectivity index (χ1) is 6.14. The summed E-state index contributed by atoms with van der Waals surface area (Å²) in [6.07, 6.45) is 3.42. The molecule has 1 unspecified atom stereocenters. The monoisotopic (exact) mass is 206 g/mol. The predicted molar refractivity (Wildman–Crippen MR) is 54.0 cm³/mol. The second-order valence-electron chi connectivity index (χ2n) is 4.40. The predicted octanol–water partition coefficient (Wildman–Crippen LogP) is 2.79. The first kappa shape index (κ1) is 11.3. The molecule has 0 aliphatic carbocycles. The molecule has 0 aromatic rings. The molecule has 0 amide bonds. The molecule has 1 saturated heterocycles. The molecule has 0 radical (unpaired) electrons. The highest BCUT2D eigenvalue weighted by Gasteiger charge is 2.21. The molecular weight excluding hydrogens is 188 g/mol. The smallest absolute Gasteiger partial charge is 0.157 e. The van der Waals surface area contributed by atoms with Crippen molar-refractivity contribution in [3.05, 3.63) is 0 Å². The van der Waals surface area contributed by atoms with Crippen molar-refractivity contribution in [2.24, 2.45) is 5.41 Å². The van der Waals surface area contributed by atoms with Gasteiger partial charge in [0.1, 0.15) is 0 Å². The van der Waals surface area contributed by atoms with Crippen LogP contribution in [0.3, 0.4) is 0 Å². The highest BCUT2D eigenvalue weighted by atomic mass is 35.5. The van der Waals surface area contributed by atoms with Crippen LogP contribution in [0.4, 0.5) is 0 Å². The van der Waals surface area contributed by atoms with Gasteiger partial charge in [-0.15, -0.1) is 11.6 Å². The Bertz CT molecular complexity index is 142. The fraction of sp³-hybridized carbons (Fsp3) is 1.00. The van der Waals surface area contributed by atoms with E-state index in [0.29, 0.717) is 12.5 Å². The summed E-state index contributed by atoms with van der Waals surface area (Å²) < 4.78 is 11.1. The fourth-order valence-electron chi connectivity index (χ4n) is 1.20. The van der Waals surface area contributed by atoms with Crippen LogP contribution >= 0.6 is 11.6 Å². The maximum atomic E-state index is 5.79. The Morgan fingerprint density at radius 1 is 1.46 bits per heavy atom. The molecule has 1 rings (SSSR count). The Morgan fingerprint density at radius 3 is 2.77 bits per heavy atom. The lowest BCUT2D eigenvalue weighted by Gasteiger charge is -2.27. The van der Waals surface area contributed by atoms with Gasteiger partial charge in [-0.1, -0.05) is 13.8 Å². The third kappa shape index (κ3) is 4.30. The van der Waals surface area contributed by atoms with Crippen molar-refractivity contribution in [2.75, 3.05) is 19.1 Å². The van der Waals surface area contributed by atoms with Crippen molar-refractivity contribution >= 4 is 11.6 Å². The maximum absolute atomic E-state index is 5.79. The second-order valence-corrected chi connectivity index (χ2v) is 4.67. The average Bonchev–Trinajstić information content (AvgIpc) is 2.17. The zero-order chi connectivity index (χ0) is 9.73. The summed E-state index contributed by atoms with van der Waals surface area (Å²) >= 11 is 5.79. The van der Waals surface area contributed by atoms with Crippen LogP contribution < -0.4 is 0 Å². The Labute approximate surface area is 85.5 Å². The van der Waals surface area contributed by atoms with Crippen molar-refractivity contribution < 1.29 is 9.47 Å². The number of rotatable bonds is 4. The Kier molecular flexibility index (Phi) is 4.50. The summed E-state index contributed by atoms with van der Waals surface area (Å²) in [5.41, 5.74) is 0.0579. The Hall–Kier alpha value is 0.210. The second kappa shape index (κ2) is 5.18. The fourth-order valence-corrected chi connectivity index (χ4v) is 1.28. The molecule has 1 aliphatic rings. The summed E-state index contributed by atoms with van der Waals surface area (Å²) in [7, 11) is 0. The quantitative estimate of drug-likeness (QED) is 0.659. The molecule has 1 atom stereocenters. The van der Waals surface area contributed by atoms with Crippen LogP contribution in [0.15, 0.2) is 0 Å². The van der Waals surface area contributed by atoms with Gasteiger partial charge in [0.15, 0.2) is 6.29 Å². The van der Waals surface area contributed by atoms with Gasteiger partial charge < -0.3 is 9.47 Å². The Morgan fingerprint density at radius 2 is 2.23 bits per heavy atom. The van der Waals surface area contributed by atoms with Crippen LogP contribution in [0.2, 0.25) is 0 Å². The zero-order valence-corrected chi connectivity index (χ0v) is 9.27. The number of ether oxygens (including phenoxy) is 2. The lowest BCUT2D eigenvalue weighted by atomic mass is 9.98. The summed E-state index contributed by atoms with van der Waals surface area (Å²) in [6, 6.07) is 0. The van der Waals surface area contributed by atoms with Crippen molar-refractivity contribution in [2.45, 2.75) is 39.4 Å². The molecule has 13 heavy (non-hydrogen) atoms. The van der Waals surface area contributed by atoms with E-state index in [1.807, 2.05) is 0 Å². The van der Waals surface area contributed by atoms with Crippen LogP contribution in [-0.2, 0) is 9.47 Å². The SMILES string of the molecule is CC(C)(CCl)COC1CCCCO1. The zero-order valence-electron chi connectivity index (χ0n) is 8.51. The van der Waals surface area contributed by atoms with E-state index in [9.17, 15) is 0 Å². The molecule has 78 valence electrons. The summed E-state index contributed by atoms with van der Waals surface area (Å²) in [5.74, 6) is 0.625. The summed E-state index contributed by atoms with van der Waals surface area (Å²) in [6.45, 7) is 5.72. The van der Waals surface area contributed by atoms with Crippen LogP contribution in [0.25, 0.3) is 0 Å². The van der Waals surface area contributed by atoms with E-state index < -0.39 is 0 Å². The normalized spacial score (nSPS) is 24.7. The van der Waals surface area contributed by atoms with E-state index in [1.165, 1.54) is 12.8 Å². The van der Waals surface area contributed by atoms with Crippen LogP contribution in [0.5, 0.6) is 0 Å². The van der Waals surface area contributed by atoms with Gasteiger partial charge in [-0.05, 0) is 19.3 Å². The highest BCUT2D eigenvalue weighted by Crippen LogP contribution is 2.21. The molecule has 0 aromatic heterocycles. The van der Waals surface area contributed by atoms with Gasteiger partial charge in [0.05, 0.1) is 6.61 Å². The van der Waals surface area contributed by atoms with E-state index in [4.69, 9.17) is 21.1 Å². The van der Waals surface area contributed by atoms with Gasteiger partial charge in [0.25, 0.3) is 0 Å². The molecule has 2 nitrogen and oxygen atoms in total. The third-order valence-electron chi connectivity index (χ3n) is 2.16. The van der Waals surface area contributed by atoms with Crippen LogP contribution in [0.1, 0.15) is 33.1 Å². The summed E-state index contributed by atoms with van der Waals surface area (Å²) in [5, 5.41) is 0. The first-order valence-corrected chi connectivity index (χ1v) is 5.47. The first-order valence-electron chi connectivity index (χ1n) is 4.93. The largest absolute Gasteiger partial charge is 0.353 e. The van der Waals surface area contributed by atoms with Gasteiger partial charge in [-0.3, -0.25) is 0 Å². The van der Waals surface area contributed by atoms with Gasteiger partial charge in [-0.2, -0.15) is 0 Å². The van der Waals surface area contributed by atoms with Gasteiger partial charge in [0.2, 0.25) is 0 Å². The number of halogens is 1. The molecule has 0 saturated carbocycles. The minimum absolute atomic E-state index is 0.0104. The summed E-state index contributed by atoms with van der Waals surface area (Å²) in [4.78, 5) is 0. The van der Waals surface area contributed by atoms with E-state index >= 15 is 0 Å². The molecule has 0 spiro atoms. The number of hydrogen-bond donors (Lipinski definition) is 0. The molecular formula is C10H19ClO2. The van der Waals surface area contributed by atoms with Crippen LogP contribution in [-0.4, -0.2) is 25.4 Å². The molecule has 3 heteroatoms. The van der Waals surface area contributed by atoms with Crippen molar-refractivity contribution in [1.82, 2.24) is 0 Å². The van der Waals surface area contributed by atoms with E-state index in [-0.39, 0.29) is 11.7 Å². The minimum atomic E-state index is 0.0104. The molecule has 1 fully saturated rings. The van der Waals surface area contributed by atoms with Gasteiger partial charge in [-0.25, -0.2) is 0 Å². The van der Waals surface area contributed by atoms with Crippen molar-refractivity contribution in [3.8, 4) is 0 Å². The number of alkyl halides is 1. The number of hydrogen-bond acceptors (Lipinski definition) is 2. The molecule has 0 N–H and O–H groups in total. The van der Waals surface area contributed by atoms with Gasteiger partial charge >= 0.3 is 0 Å². The van der Waals surface area contributed by atoms with E-state index in [0.717, 1.165) is 13.0 Å². The standard InChI is InChI=1S/C10H19ClO2/c1-10(2,7-11)8-13-9-5-3-4-6-12-9/h9H,3-8H2,1-2H3. The van der Waals surface area contributed by atoms with Crippen LogP contribution in [0, 0.1) is 5.41 Å². The molecule has 1 heterocycles. The van der Waals surface area contributed by atoms with Crippen molar-refractivity contribution in [3.63, 3.8) is 0 Å². The molecule has 0 bridgehead atoms. The Balaban J connectivity index is 2.17. The average molecular weight is 207 g/mol. The molecule has 1 aliphatic heterocycles.